The van der Waals surface area contributed by atoms with Crippen molar-refractivity contribution < 1.29 is 18.3 Å². The summed E-state index contributed by atoms with van der Waals surface area (Å²) in [4.78, 5) is 0. The molecule has 1 aromatic carbocycles. The van der Waals surface area contributed by atoms with Crippen LogP contribution in [0.3, 0.4) is 0 Å². The molecule has 0 unspecified atom stereocenters. The Morgan fingerprint density at radius 1 is 1.04 bits per heavy atom. The number of hydrogen-bond donors (Lipinski definition) is 0. The zero-order valence-corrected chi connectivity index (χ0v) is 13.8. The summed E-state index contributed by atoms with van der Waals surface area (Å²) in [6.07, 6.45) is 4.04. The third-order valence-electron chi connectivity index (χ3n) is 5.35. The summed E-state index contributed by atoms with van der Waals surface area (Å²) in [6, 6.07) is 5.33. The minimum atomic E-state index is -0.455. The molecule has 2 aliphatic rings. The van der Waals surface area contributed by atoms with Crippen molar-refractivity contribution in [2.24, 2.45) is 11.8 Å². The van der Waals surface area contributed by atoms with Gasteiger partial charge < -0.3 is 9.47 Å². The number of benzene rings is 1. The van der Waals surface area contributed by atoms with E-state index in [-0.39, 0.29) is 24.3 Å². The normalized spacial score (nSPS) is 32.0. The van der Waals surface area contributed by atoms with Gasteiger partial charge in [-0.15, -0.1) is 0 Å². The molecule has 1 aromatic rings. The highest BCUT2D eigenvalue weighted by Gasteiger charge is 2.26. The average molecular weight is 324 g/mol. The smallest absolute Gasteiger partial charge is 0.183 e. The van der Waals surface area contributed by atoms with Crippen LogP contribution in [0.15, 0.2) is 18.2 Å². The van der Waals surface area contributed by atoms with Crippen LogP contribution in [0.4, 0.5) is 8.78 Å². The summed E-state index contributed by atoms with van der Waals surface area (Å²) in [5.41, 5.74) is 1.51. The zero-order valence-electron chi connectivity index (χ0n) is 13.8. The summed E-state index contributed by atoms with van der Waals surface area (Å²) in [5.74, 6) is 0.630. The molecule has 128 valence electrons. The van der Waals surface area contributed by atoms with Gasteiger partial charge in [0.15, 0.2) is 6.29 Å². The lowest BCUT2D eigenvalue weighted by Crippen LogP contribution is -2.26. The van der Waals surface area contributed by atoms with Crippen LogP contribution in [0.5, 0.6) is 0 Å². The minimum absolute atomic E-state index is 0.170. The molecule has 1 saturated carbocycles. The highest BCUT2D eigenvalue weighted by Crippen LogP contribution is 2.38. The maximum atomic E-state index is 14.5. The number of rotatable bonds is 4. The third-order valence-corrected chi connectivity index (χ3v) is 5.35. The molecule has 1 heterocycles. The van der Waals surface area contributed by atoms with E-state index < -0.39 is 6.29 Å². The molecule has 1 aliphatic carbocycles. The number of alkyl halides is 1. The van der Waals surface area contributed by atoms with Crippen molar-refractivity contribution in [1.29, 1.82) is 0 Å². The highest BCUT2D eigenvalue weighted by molar-refractivity contribution is 5.28. The summed E-state index contributed by atoms with van der Waals surface area (Å²) in [5, 5.41) is 0. The van der Waals surface area contributed by atoms with Crippen LogP contribution in [0, 0.1) is 17.7 Å². The van der Waals surface area contributed by atoms with Crippen LogP contribution < -0.4 is 0 Å². The van der Waals surface area contributed by atoms with E-state index in [1.165, 1.54) is 0 Å². The Bertz CT molecular complexity index is 504. The minimum Gasteiger partial charge on any atom is -0.348 e. The summed E-state index contributed by atoms with van der Waals surface area (Å²) >= 11 is 0. The molecule has 2 nitrogen and oxygen atoms in total. The molecule has 1 saturated heterocycles. The van der Waals surface area contributed by atoms with Crippen LogP contribution in [0.1, 0.15) is 62.4 Å². The van der Waals surface area contributed by atoms with E-state index in [9.17, 15) is 8.78 Å². The summed E-state index contributed by atoms with van der Waals surface area (Å²) in [6.45, 7) is 3.20. The molecular formula is C19H26F2O2. The van der Waals surface area contributed by atoms with Crippen molar-refractivity contribution in [3.05, 3.63) is 35.1 Å². The Balaban J connectivity index is 1.64. The standard InChI is InChI=1S/C19H26F2O2/c1-2-13-11-22-19(23-12-13)16-7-8-17(18(21)9-16)15-5-3-14(10-20)4-6-15/h7-9,13-15,19H,2-6,10-12H2,1H3. The van der Waals surface area contributed by atoms with Crippen molar-refractivity contribution in [3.8, 4) is 0 Å². The quantitative estimate of drug-likeness (QED) is 0.763. The van der Waals surface area contributed by atoms with Gasteiger partial charge in [0.05, 0.1) is 19.9 Å². The van der Waals surface area contributed by atoms with Gasteiger partial charge >= 0.3 is 0 Å². The highest BCUT2D eigenvalue weighted by atomic mass is 19.1. The molecule has 0 atom stereocenters. The van der Waals surface area contributed by atoms with Gasteiger partial charge in [0, 0.05) is 11.5 Å². The molecule has 0 N–H and O–H groups in total. The Labute approximate surface area is 137 Å². The fraction of sp³-hybridized carbons (Fsp3) is 0.684. The second-order valence-corrected chi connectivity index (χ2v) is 6.93. The van der Waals surface area contributed by atoms with Crippen LogP contribution in [-0.2, 0) is 9.47 Å². The summed E-state index contributed by atoms with van der Waals surface area (Å²) < 4.78 is 38.6. The lowest BCUT2D eigenvalue weighted by Gasteiger charge is -2.30. The Morgan fingerprint density at radius 2 is 1.74 bits per heavy atom. The van der Waals surface area contributed by atoms with E-state index in [0.29, 0.717) is 19.1 Å². The fourth-order valence-corrected chi connectivity index (χ4v) is 3.62. The molecule has 1 aliphatic heterocycles. The van der Waals surface area contributed by atoms with Crippen molar-refractivity contribution in [3.63, 3.8) is 0 Å². The zero-order chi connectivity index (χ0) is 16.2. The second-order valence-electron chi connectivity index (χ2n) is 6.93. The van der Waals surface area contributed by atoms with Gasteiger partial charge in [0.25, 0.3) is 0 Å². The first kappa shape index (κ1) is 16.8. The number of halogens is 2. The predicted octanol–water partition coefficient (Wildman–Crippen LogP) is 5.14. The van der Waals surface area contributed by atoms with Crippen molar-refractivity contribution in [2.45, 2.75) is 51.2 Å². The third kappa shape index (κ3) is 3.92. The molecular weight excluding hydrogens is 298 g/mol. The molecule has 0 amide bonds. The first-order valence-corrected chi connectivity index (χ1v) is 8.79. The van der Waals surface area contributed by atoms with Gasteiger partial charge in [-0.1, -0.05) is 19.1 Å². The van der Waals surface area contributed by atoms with E-state index in [1.54, 1.807) is 6.07 Å². The molecule has 0 spiro atoms. The van der Waals surface area contributed by atoms with Gasteiger partial charge in [-0.25, -0.2) is 4.39 Å². The summed E-state index contributed by atoms with van der Waals surface area (Å²) in [7, 11) is 0. The van der Waals surface area contributed by atoms with Gasteiger partial charge in [-0.05, 0) is 55.6 Å². The average Bonchev–Trinajstić information content (AvgIpc) is 2.62. The van der Waals surface area contributed by atoms with Crippen molar-refractivity contribution in [1.82, 2.24) is 0 Å². The molecule has 3 rings (SSSR count). The number of ether oxygens (including phenoxy) is 2. The van der Waals surface area contributed by atoms with E-state index in [0.717, 1.165) is 43.2 Å². The Kier molecular flexibility index (Phi) is 5.65. The van der Waals surface area contributed by atoms with Crippen LogP contribution in [0.2, 0.25) is 0 Å². The van der Waals surface area contributed by atoms with Gasteiger partial charge in [0.2, 0.25) is 0 Å². The first-order valence-electron chi connectivity index (χ1n) is 8.79. The molecule has 0 bridgehead atoms. The molecule has 23 heavy (non-hydrogen) atoms. The predicted molar refractivity (Wildman–Crippen MR) is 85.5 cm³/mol. The van der Waals surface area contributed by atoms with Gasteiger partial charge in [-0.3, -0.25) is 4.39 Å². The van der Waals surface area contributed by atoms with E-state index in [1.807, 2.05) is 12.1 Å². The topological polar surface area (TPSA) is 18.5 Å². The maximum Gasteiger partial charge on any atom is 0.183 e. The van der Waals surface area contributed by atoms with Crippen molar-refractivity contribution >= 4 is 0 Å². The number of hydrogen-bond acceptors (Lipinski definition) is 2. The lowest BCUT2D eigenvalue weighted by molar-refractivity contribution is -0.205. The van der Waals surface area contributed by atoms with E-state index in [2.05, 4.69) is 6.92 Å². The van der Waals surface area contributed by atoms with E-state index >= 15 is 0 Å². The Hall–Kier alpha value is -1.00. The first-order chi connectivity index (χ1) is 11.2. The van der Waals surface area contributed by atoms with Crippen LogP contribution in [-0.4, -0.2) is 19.9 Å². The lowest BCUT2D eigenvalue weighted by atomic mass is 9.79. The Morgan fingerprint density at radius 3 is 2.30 bits per heavy atom. The van der Waals surface area contributed by atoms with E-state index in [4.69, 9.17) is 9.47 Å². The SMILES string of the molecule is CCC1COC(c2ccc(C3CCC(CF)CC3)c(F)c2)OC1. The van der Waals surface area contributed by atoms with Gasteiger partial charge in [-0.2, -0.15) is 0 Å². The molecule has 0 aromatic heterocycles. The molecule has 4 heteroatoms. The molecule has 2 fully saturated rings. The monoisotopic (exact) mass is 324 g/mol. The molecule has 0 radical (unpaired) electrons. The van der Waals surface area contributed by atoms with Crippen LogP contribution >= 0.6 is 0 Å². The maximum absolute atomic E-state index is 14.5. The fourth-order valence-electron chi connectivity index (χ4n) is 3.62. The van der Waals surface area contributed by atoms with Crippen LogP contribution in [0.25, 0.3) is 0 Å². The van der Waals surface area contributed by atoms with Crippen molar-refractivity contribution in [2.75, 3.05) is 19.9 Å². The second kappa shape index (κ2) is 7.71. The largest absolute Gasteiger partial charge is 0.348 e. The van der Waals surface area contributed by atoms with Gasteiger partial charge in [0.1, 0.15) is 5.82 Å².